The summed E-state index contributed by atoms with van der Waals surface area (Å²) in [4.78, 5) is 0. The van der Waals surface area contributed by atoms with Crippen LogP contribution in [0.3, 0.4) is 0 Å². The molecule has 0 radical (unpaired) electrons. The van der Waals surface area contributed by atoms with E-state index >= 15 is 0 Å². The zero-order chi connectivity index (χ0) is 32.8. The van der Waals surface area contributed by atoms with Crippen molar-refractivity contribution < 1.29 is 4.42 Å². The second-order valence-electron chi connectivity index (χ2n) is 13.2. The smallest absolute Gasteiger partial charge is 0.136 e. The van der Waals surface area contributed by atoms with Crippen LogP contribution in [0.15, 0.2) is 180 Å². The van der Waals surface area contributed by atoms with Gasteiger partial charge in [-0.15, -0.1) is 0 Å². The standard InChI is InChI=1S/C48H29NO/c1-2-13-32-29-45-41(28-31(32)12-1)48-40(20-11-23-44(48)50-45)47-38-18-5-3-16-36(38)46(37-17-4-6-19-39(37)47)30-24-26-33(27-25-30)49-42-21-9-7-14-34(42)35-15-8-10-22-43(35)49/h1-29H. The molecule has 0 amide bonds. The highest BCUT2D eigenvalue weighted by molar-refractivity contribution is 6.26. The molecule has 0 aliphatic carbocycles. The Morgan fingerprint density at radius 3 is 1.50 bits per heavy atom. The van der Waals surface area contributed by atoms with Gasteiger partial charge in [-0.2, -0.15) is 0 Å². The Morgan fingerprint density at radius 1 is 0.360 bits per heavy atom. The highest BCUT2D eigenvalue weighted by Gasteiger charge is 2.21. The van der Waals surface area contributed by atoms with Crippen molar-refractivity contribution in [2.75, 3.05) is 0 Å². The highest BCUT2D eigenvalue weighted by Crippen LogP contribution is 2.47. The summed E-state index contributed by atoms with van der Waals surface area (Å²) in [6.45, 7) is 0. The molecule has 11 aromatic rings. The molecule has 9 aromatic carbocycles. The first-order valence-corrected chi connectivity index (χ1v) is 17.2. The van der Waals surface area contributed by atoms with E-state index in [1.165, 1.54) is 76.4 Å². The van der Waals surface area contributed by atoms with Crippen LogP contribution >= 0.6 is 0 Å². The number of furan rings is 1. The zero-order valence-electron chi connectivity index (χ0n) is 27.1. The average Bonchev–Trinajstić information content (AvgIpc) is 3.71. The number of nitrogens with zero attached hydrogens (tertiary/aromatic N) is 1. The number of aromatic nitrogens is 1. The van der Waals surface area contributed by atoms with Gasteiger partial charge in [-0.05, 0) is 97.0 Å². The number of benzene rings is 9. The Hall–Kier alpha value is -6.64. The van der Waals surface area contributed by atoms with Gasteiger partial charge in [0.25, 0.3) is 0 Å². The fourth-order valence-electron chi connectivity index (χ4n) is 8.43. The summed E-state index contributed by atoms with van der Waals surface area (Å²) < 4.78 is 8.92. The lowest BCUT2D eigenvalue weighted by Crippen LogP contribution is -1.94. The maximum Gasteiger partial charge on any atom is 0.136 e. The normalized spacial score (nSPS) is 12.0. The van der Waals surface area contributed by atoms with Crippen LogP contribution in [0.1, 0.15) is 0 Å². The monoisotopic (exact) mass is 635 g/mol. The van der Waals surface area contributed by atoms with Crippen molar-refractivity contribution in [3.8, 4) is 27.9 Å². The molecule has 0 saturated carbocycles. The first-order chi connectivity index (χ1) is 24.8. The Morgan fingerprint density at radius 2 is 0.880 bits per heavy atom. The van der Waals surface area contributed by atoms with Crippen molar-refractivity contribution >= 4 is 76.1 Å². The van der Waals surface area contributed by atoms with Crippen LogP contribution in [0.5, 0.6) is 0 Å². The Kier molecular flexibility index (Phi) is 5.70. The number of fused-ring (bicyclic) bond motifs is 9. The maximum atomic E-state index is 6.53. The minimum atomic E-state index is 0.908. The number of hydrogen-bond acceptors (Lipinski definition) is 1. The van der Waals surface area contributed by atoms with Gasteiger partial charge in [-0.25, -0.2) is 0 Å². The predicted molar refractivity (Wildman–Crippen MR) is 211 cm³/mol. The van der Waals surface area contributed by atoms with Gasteiger partial charge in [0.1, 0.15) is 11.2 Å². The van der Waals surface area contributed by atoms with Crippen molar-refractivity contribution in [1.29, 1.82) is 0 Å². The van der Waals surface area contributed by atoms with Gasteiger partial charge in [-0.3, -0.25) is 0 Å². The van der Waals surface area contributed by atoms with E-state index in [9.17, 15) is 0 Å². The van der Waals surface area contributed by atoms with Crippen molar-refractivity contribution in [3.05, 3.63) is 176 Å². The summed E-state index contributed by atoms with van der Waals surface area (Å²) in [7, 11) is 0. The van der Waals surface area contributed by atoms with E-state index in [-0.39, 0.29) is 0 Å². The third-order valence-electron chi connectivity index (χ3n) is 10.6. The molecule has 50 heavy (non-hydrogen) atoms. The topological polar surface area (TPSA) is 18.1 Å². The Labute approximate surface area is 288 Å². The van der Waals surface area contributed by atoms with Crippen molar-refractivity contribution in [2.45, 2.75) is 0 Å². The highest BCUT2D eigenvalue weighted by atomic mass is 16.3. The summed E-state index contributed by atoms with van der Waals surface area (Å²) in [5.74, 6) is 0. The van der Waals surface area contributed by atoms with Crippen LogP contribution in [0.25, 0.3) is 104 Å². The van der Waals surface area contributed by atoms with Gasteiger partial charge >= 0.3 is 0 Å². The van der Waals surface area contributed by atoms with Gasteiger partial charge in [0.15, 0.2) is 0 Å². The molecule has 0 atom stereocenters. The van der Waals surface area contributed by atoms with Gasteiger partial charge in [0.2, 0.25) is 0 Å². The van der Waals surface area contributed by atoms with Crippen LogP contribution in [-0.2, 0) is 0 Å². The Balaban J connectivity index is 1.16. The maximum absolute atomic E-state index is 6.53. The summed E-state index contributed by atoms with van der Waals surface area (Å²) in [6.07, 6.45) is 0. The van der Waals surface area contributed by atoms with Crippen LogP contribution in [0, 0.1) is 0 Å². The van der Waals surface area contributed by atoms with E-state index in [2.05, 4.69) is 180 Å². The second kappa shape index (κ2) is 10.4. The number of hydrogen-bond donors (Lipinski definition) is 0. The van der Waals surface area contributed by atoms with E-state index in [1.54, 1.807) is 0 Å². The van der Waals surface area contributed by atoms with E-state index < -0.39 is 0 Å². The molecule has 2 aromatic heterocycles. The van der Waals surface area contributed by atoms with Crippen molar-refractivity contribution in [3.63, 3.8) is 0 Å². The van der Waals surface area contributed by atoms with Crippen molar-refractivity contribution in [1.82, 2.24) is 4.57 Å². The Bertz CT molecular complexity index is 3030. The van der Waals surface area contributed by atoms with Gasteiger partial charge in [0, 0.05) is 27.2 Å². The van der Waals surface area contributed by atoms with E-state index in [4.69, 9.17) is 4.42 Å². The van der Waals surface area contributed by atoms with Crippen LogP contribution in [-0.4, -0.2) is 4.57 Å². The SMILES string of the molecule is c1ccc2cc3c(cc2c1)oc1cccc(-c2c4ccccc4c(-c4ccc(-n5c6ccccc6c6ccccc65)cc4)c4ccccc24)c13. The van der Waals surface area contributed by atoms with E-state index in [0.29, 0.717) is 0 Å². The fourth-order valence-corrected chi connectivity index (χ4v) is 8.43. The molecule has 0 aliphatic rings. The molecule has 0 bridgehead atoms. The van der Waals surface area contributed by atoms with E-state index in [0.717, 1.165) is 27.6 Å². The third-order valence-corrected chi connectivity index (χ3v) is 10.6. The van der Waals surface area contributed by atoms with E-state index in [1.807, 2.05) is 0 Å². The number of para-hydroxylation sites is 2. The third kappa shape index (κ3) is 3.85. The molecular formula is C48H29NO. The molecule has 2 heterocycles. The first-order valence-electron chi connectivity index (χ1n) is 17.2. The van der Waals surface area contributed by atoms with Crippen LogP contribution < -0.4 is 0 Å². The summed E-state index contributed by atoms with van der Waals surface area (Å²) in [6, 6.07) is 63.8. The first kappa shape index (κ1) is 27.3. The molecule has 2 nitrogen and oxygen atoms in total. The molecule has 232 valence electrons. The summed E-state index contributed by atoms with van der Waals surface area (Å²) >= 11 is 0. The quantitative estimate of drug-likeness (QED) is 0.177. The van der Waals surface area contributed by atoms with Crippen molar-refractivity contribution in [2.24, 2.45) is 0 Å². The average molecular weight is 636 g/mol. The van der Waals surface area contributed by atoms with Crippen LogP contribution in [0.4, 0.5) is 0 Å². The molecule has 0 aliphatic heterocycles. The lowest BCUT2D eigenvalue weighted by atomic mass is 9.85. The fraction of sp³-hybridized carbons (Fsp3) is 0. The lowest BCUT2D eigenvalue weighted by molar-refractivity contribution is 0.669. The lowest BCUT2D eigenvalue weighted by Gasteiger charge is -2.18. The second-order valence-corrected chi connectivity index (χ2v) is 13.2. The molecule has 0 fully saturated rings. The zero-order valence-corrected chi connectivity index (χ0v) is 27.1. The largest absolute Gasteiger partial charge is 0.456 e. The molecule has 11 rings (SSSR count). The molecule has 2 heteroatoms. The summed E-state index contributed by atoms with van der Waals surface area (Å²) in [5, 5.41) is 12.2. The molecule has 0 saturated heterocycles. The van der Waals surface area contributed by atoms with Gasteiger partial charge in [0.05, 0.1) is 11.0 Å². The minimum Gasteiger partial charge on any atom is -0.456 e. The van der Waals surface area contributed by atoms with Gasteiger partial charge < -0.3 is 8.98 Å². The molecule has 0 N–H and O–H groups in total. The summed E-state index contributed by atoms with van der Waals surface area (Å²) in [5.41, 5.74) is 10.3. The predicted octanol–water partition coefficient (Wildman–Crippen LogP) is 13.5. The minimum absolute atomic E-state index is 0.908. The van der Waals surface area contributed by atoms with Gasteiger partial charge in [-0.1, -0.05) is 133 Å². The molecular weight excluding hydrogens is 607 g/mol. The molecule has 0 spiro atoms. The number of rotatable bonds is 3. The molecule has 0 unspecified atom stereocenters. The van der Waals surface area contributed by atoms with Crippen LogP contribution in [0.2, 0.25) is 0 Å².